The molecule has 2 rings (SSSR count). The third-order valence-corrected chi connectivity index (χ3v) is 3.69. The van der Waals surface area contributed by atoms with Gasteiger partial charge in [-0.25, -0.2) is 0 Å². The molecule has 3 atom stereocenters. The van der Waals surface area contributed by atoms with Crippen LogP contribution in [0.2, 0.25) is 0 Å². The Labute approximate surface area is 80.9 Å². The van der Waals surface area contributed by atoms with Crippen molar-refractivity contribution in [2.24, 2.45) is 23.2 Å². The maximum absolute atomic E-state index is 8.81. The Morgan fingerprint density at radius 2 is 1.77 bits per heavy atom. The van der Waals surface area contributed by atoms with Gasteiger partial charge in [0.1, 0.15) is 0 Å². The fourth-order valence-electron chi connectivity index (χ4n) is 3.22. The number of fused-ring (bicyclic) bond motifs is 1. The van der Waals surface area contributed by atoms with Crippen LogP contribution in [0.1, 0.15) is 20.8 Å². The van der Waals surface area contributed by atoms with E-state index in [1.165, 1.54) is 13.1 Å². The van der Waals surface area contributed by atoms with Crippen LogP contribution in [-0.2, 0) is 0 Å². The van der Waals surface area contributed by atoms with Crippen LogP contribution in [0.15, 0.2) is 0 Å². The fraction of sp³-hybridized carbons (Fsp3) is 1.00. The first-order valence-electron chi connectivity index (χ1n) is 5.37. The number of aliphatic hydroxyl groups is 1. The van der Waals surface area contributed by atoms with E-state index in [-0.39, 0.29) is 0 Å². The van der Waals surface area contributed by atoms with Crippen molar-refractivity contribution in [1.82, 2.24) is 4.90 Å². The summed E-state index contributed by atoms with van der Waals surface area (Å²) in [5.41, 5.74) is 0.501. The van der Waals surface area contributed by atoms with Crippen molar-refractivity contribution in [3.05, 3.63) is 0 Å². The highest BCUT2D eigenvalue weighted by Gasteiger charge is 2.59. The highest BCUT2D eigenvalue weighted by Crippen LogP contribution is 2.59. The highest BCUT2D eigenvalue weighted by molar-refractivity contribution is 5.08. The third kappa shape index (κ3) is 1.62. The summed E-state index contributed by atoms with van der Waals surface area (Å²) in [4.78, 5) is 2.40. The maximum Gasteiger partial charge on any atom is 0.0558 e. The second-order valence-corrected chi connectivity index (χ2v) is 5.70. The molecule has 0 amide bonds. The lowest BCUT2D eigenvalue weighted by atomic mass is 9.87. The molecular formula is C11H21NO. The van der Waals surface area contributed by atoms with Gasteiger partial charge in [-0.2, -0.15) is 0 Å². The molecule has 0 aromatic carbocycles. The maximum atomic E-state index is 8.81. The monoisotopic (exact) mass is 183 g/mol. The normalized spacial score (nSPS) is 39.2. The van der Waals surface area contributed by atoms with Crippen molar-refractivity contribution in [1.29, 1.82) is 0 Å². The van der Waals surface area contributed by atoms with E-state index < -0.39 is 0 Å². The van der Waals surface area contributed by atoms with Gasteiger partial charge in [0.15, 0.2) is 0 Å². The van der Waals surface area contributed by atoms with Crippen LogP contribution in [0.25, 0.3) is 0 Å². The number of rotatable bonds is 2. The molecule has 1 N–H and O–H groups in total. The lowest BCUT2D eigenvalue weighted by molar-refractivity contribution is 0.182. The minimum absolute atomic E-state index is 0.319. The van der Waals surface area contributed by atoms with Gasteiger partial charge in [-0.15, -0.1) is 0 Å². The molecule has 2 heteroatoms. The van der Waals surface area contributed by atoms with Gasteiger partial charge in [-0.1, -0.05) is 20.8 Å². The third-order valence-electron chi connectivity index (χ3n) is 3.69. The molecule has 76 valence electrons. The first kappa shape index (κ1) is 9.47. The van der Waals surface area contributed by atoms with Crippen molar-refractivity contribution in [3.8, 4) is 0 Å². The summed E-state index contributed by atoms with van der Waals surface area (Å²) in [6, 6.07) is 0. The topological polar surface area (TPSA) is 23.5 Å². The summed E-state index contributed by atoms with van der Waals surface area (Å²) in [6.07, 6.45) is 0. The second kappa shape index (κ2) is 2.96. The van der Waals surface area contributed by atoms with Crippen LogP contribution in [0.5, 0.6) is 0 Å². The number of β-amino-alcohol motifs (C(OH)–C–C–N with tert-alkyl or cyclic N) is 1. The first-order chi connectivity index (χ1) is 6.04. The van der Waals surface area contributed by atoms with E-state index in [4.69, 9.17) is 5.11 Å². The largest absolute Gasteiger partial charge is 0.395 e. The van der Waals surface area contributed by atoms with E-state index in [2.05, 4.69) is 25.7 Å². The van der Waals surface area contributed by atoms with Crippen LogP contribution >= 0.6 is 0 Å². The van der Waals surface area contributed by atoms with Gasteiger partial charge in [0.05, 0.1) is 6.61 Å². The molecule has 0 aromatic rings. The van der Waals surface area contributed by atoms with E-state index in [9.17, 15) is 0 Å². The average molecular weight is 183 g/mol. The molecule has 13 heavy (non-hydrogen) atoms. The van der Waals surface area contributed by atoms with Crippen molar-refractivity contribution >= 4 is 0 Å². The van der Waals surface area contributed by atoms with Gasteiger partial charge in [-0.05, 0) is 23.2 Å². The summed E-state index contributed by atoms with van der Waals surface area (Å²) in [5, 5.41) is 8.81. The average Bonchev–Trinajstić information content (AvgIpc) is 2.51. The fourth-order valence-corrected chi connectivity index (χ4v) is 3.22. The summed E-state index contributed by atoms with van der Waals surface area (Å²) >= 11 is 0. The summed E-state index contributed by atoms with van der Waals surface area (Å²) in [5.74, 6) is 2.82. The van der Waals surface area contributed by atoms with E-state index in [0.717, 1.165) is 24.3 Å². The first-order valence-corrected chi connectivity index (χ1v) is 5.37. The van der Waals surface area contributed by atoms with E-state index in [0.29, 0.717) is 12.0 Å². The summed E-state index contributed by atoms with van der Waals surface area (Å²) < 4.78 is 0. The molecule has 1 saturated carbocycles. The standard InChI is InChI=1S/C11H21NO/c1-11(2,3)10-8-6-12(4-5-13)7-9(8)10/h8-10,13H,4-7H2,1-3H3/t8-,9+,10?. The van der Waals surface area contributed by atoms with Gasteiger partial charge in [-0.3, -0.25) is 0 Å². The van der Waals surface area contributed by atoms with Crippen molar-refractivity contribution in [2.45, 2.75) is 20.8 Å². The van der Waals surface area contributed by atoms with Crippen LogP contribution in [-0.4, -0.2) is 36.2 Å². The number of hydrogen-bond donors (Lipinski definition) is 1. The Bertz CT molecular complexity index is 185. The van der Waals surface area contributed by atoms with Crippen LogP contribution < -0.4 is 0 Å². The number of hydrogen-bond acceptors (Lipinski definition) is 2. The van der Waals surface area contributed by atoms with Crippen molar-refractivity contribution < 1.29 is 5.11 Å². The number of aliphatic hydroxyl groups excluding tert-OH is 1. The molecule has 1 aliphatic heterocycles. The minimum Gasteiger partial charge on any atom is -0.395 e. The Kier molecular flexibility index (Phi) is 2.16. The second-order valence-electron chi connectivity index (χ2n) is 5.70. The molecule has 0 radical (unpaired) electrons. The summed E-state index contributed by atoms with van der Waals surface area (Å²) in [7, 11) is 0. The van der Waals surface area contributed by atoms with Gasteiger partial charge < -0.3 is 10.0 Å². The number of piperidine rings is 1. The minimum atomic E-state index is 0.319. The lowest BCUT2D eigenvalue weighted by Crippen LogP contribution is -2.29. The molecule has 1 unspecified atom stereocenters. The zero-order chi connectivity index (χ0) is 9.64. The molecule has 1 aliphatic carbocycles. The lowest BCUT2D eigenvalue weighted by Gasteiger charge is -2.25. The van der Waals surface area contributed by atoms with Crippen molar-refractivity contribution in [2.75, 3.05) is 26.2 Å². The van der Waals surface area contributed by atoms with Gasteiger partial charge in [0.2, 0.25) is 0 Å². The van der Waals surface area contributed by atoms with E-state index in [1.807, 2.05) is 0 Å². The molecule has 2 fully saturated rings. The van der Waals surface area contributed by atoms with Crippen molar-refractivity contribution in [3.63, 3.8) is 0 Å². The zero-order valence-corrected chi connectivity index (χ0v) is 8.95. The number of nitrogens with zero attached hydrogens (tertiary/aromatic N) is 1. The molecule has 1 saturated heterocycles. The smallest absolute Gasteiger partial charge is 0.0558 e. The van der Waals surface area contributed by atoms with Crippen LogP contribution in [0, 0.1) is 23.2 Å². The molecule has 0 bridgehead atoms. The Morgan fingerprint density at radius 1 is 1.23 bits per heavy atom. The number of likely N-dealkylation sites (tertiary alicyclic amines) is 1. The van der Waals surface area contributed by atoms with E-state index in [1.54, 1.807) is 0 Å². The molecule has 1 heterocycles. The molecule has 0 aromatic heterocycles. The molecule has 2 nitrogen and oxygen atoms in total. The SMILES string of the molecule is CC(C)(C)C1[C@H]2CN(CCO)C[C@@H]12. The summed E-state index contributed by atoms with van der Waals surface area (Å²) in [6.45, 7) is 10.7. The molecule has 2 aliphatic rings. The molecular weight excluding hydrogens is 162 g/mol. The predicted octanol–water partition coefficient (Wildman–Crippen LogP) is 1.20. The van der Waals surface area contributed by atoms with Gasteiger partial charge >= 0.3 is 0 Å². The Morgan fingerprint density at radius 3 is 2.15 bits per heavy atom. The Balaban J connectivity index is 1.84. The van der Waals surface area contributed by atoms with Gasteiger partial charge in [0, 0.05) is 19.6 Å². The zero-order valence-electron chi connectivity index (χ0n) is 8.95. The van der Waals surface area contributed by atoms with Crippen LogP contribution in [0.3, 0.4) is 0 Å². The Hall–Kier alpha value is -0.0800. The van der Waals surface area contributed by atoms with Gasteiger partial charge in [0.25, 0.3) is 0 Å². The highest BCUT2D eigenvalue weighted by atomic mass is 16.3. The van der Waals surface area contributed by atoms with Crippen LogP contribution in [0.4, 0.5) is 0 Å². The molecule has 0 spiro atoms. The quantitative estimate of drug-likeness (QED) is 0.695. The predicted molar refractivity (Wildman–Crippen MR) is 53.5 cm³/mol. The van der Waals surface area contributed by atoms with E-state index >= 15 is 0 Å².